The molecule has 0 aliphatic carbocycles. The second-order valence-corrected chi connectivity index (χ2v) is 5.99. The third-order valence-electron chi connectivity index (χ3n) is 4.29. The molecule has 0 unspecified atom stereocenters. The Hall–Kier alpha value is -1.97. The molecule has 120 valence electrons. The van der Waals surface area contributed by atoms with Crippen LogP contribution in [0.4, 0.5) is 0 Å². The van der Waals surface area contributed by atoms with Gasteiger partial charge in [0.2, 0.25) is 0 Å². The standard InChI is InChI=1S/C20H23NO2/c22-20(16-21-12-14-23-15-13-21)19-10-8-18(9-11-19)7-6-17-4-2-1-3-5-17/h1-5,8-11H,6-7,12-16H2. The number of hydrogen-bond acceptors (Lipinski definition) is 3. The second-order valence-electron chi connectivity index (χ2n) is 5.99. The van der Waals surface area contributed by atoms with E-state index in [9.17, 15) is 4.79 Å². The normalized spacial score (nSPS) is 15.5. The molecule has 0 amide bonds. The number of Topliss-reactive ketones (excluding diaryl/α,β-unsaturated/α-hetero) is 1. The summed E-state index contributed by atoms with van der Waals surface area (Å²) in [5.74, 6) is 0.196. The van der Waals surface area contributed by atoms with E-state index in [2.05, 4.69) is 41.3 Å². The van der Waals surface area contributed by atoms with Crippen LogP contribution in [0.2, 0.25) is 0 Å². The molecule has 23 heavy (non-hydrogen) atoms. The highest BCUT2D eigenvalue weighted by atomic mass is 16.5. The van der Waals surface area contributed by atoms with Crippen LogP contribution in [0.5, 0.6) is 0 Å². The number of aryl methyl sites for hydroxylation is 2. The summed E-state index contributed by atoms with van der Waals surface area (Å²) in [6.07, 6.45) is 2.03. The molecule has 2 aromatic carbocycles. The number of benzene rings is 2. The van der Waals surface area contributed by atoms with Crippen molar-refractivity contribution < 1.29 is 9.53 Å². The minimum atomic E-state index is 0.196. The molecule has 2 aromatic rings. The summed E-state index contributed by atoms with van der Waals surface area (Å²) in [5.41, 5.74) is 3.43. The average molecular weight is 309 g/mol. The van der Waals surface area contributed by atoms with Crippen LogP contribution in [-0.2, 0) is 17.6 Å². The van der Waals surface area contributed by atoms with Crippen LogP contribution in [-0.4, -0.2) is 43.5 Å². The smallest absolute Gasteiger partial charge is 0.176 e. The van der Waals surface area contributed by atoms with E-state index in [1.54, 1.807) is 0 Å². The maximum absolute atomic E-state index is 12.3. The highest BCUT2D eigenvalue weighted by molar-refractivity contribution is 5.97. The Bertz CT molecular complexity index is 616. The zero-order valence-electron chi connectivity index (χ0n) is 13.4. The lowest BCUT2D eigenvalue weighted by Gasteiger charge is -2.25. The molecule has 0 saturated carbocycles. The molecule has 1 heterocycles. The van der Waals surface area contributed by atoms with Gasteiger partial charge in [0.25, 0.3) is 0 Å². The summed E-state index contributed by atoms with van der Waals surface area (Å²) in [7, 11) is 0. The Morgan fingerprint density at radius 1 is 0.870 bits per heavy atom. The van der Waals surface area contributed by atoms with Crippen molar-refractivity contribution in [2.45, 2.75) is 12.8 Å². The number of ketones is 1. The fraction of sp³-hybridized carbons (Fsp3) is 0.350. The van der Waals surface area contributed by atoms with E-state index in [4.69, 9.17) is 4.74 Å². The lowest BCUT2D eigenvalue weighted by Crippen LogP contribution is -2.39. The summed E-state index contributed by atoms with van der Waals surface area (Å²) in [4.78, 5) is 14.5. The van der Waals surface area contributed by atoms with Crippen molar-refractivity contribution in [2.75, 3.05) is 32.8 Å². The maximum Gasteiger partial charge on any atom is 0.176 e. The van der Waals surface area contributed by atoms with Crippen LogP contribution in [0.15, 0.2) is 54.6 Å². The van der Waals surface area contributed by atoms with E-state index in [0.29, 0.717) is 6.54 Å². The minimum absolute atomic E-state index is 0.196. The molecular weight excluding hydrogens is 286 g/mol. The van der Waals surface area contributed by atoms with Crippen LogP contribution in [0, 0.1) is 0 Å². The fourth-order valence-corrected chi connectivity index (χ4v) is 2.84. The molecule has 0 aromatic heterocycles. The Morgan fingerprint density at radius 2 is 1.48 bits per heavy atom. The molecule has 0 atom stereocenters. The lowest BCUT2D eigenvalue weighted by molar-refractivity contribution is 0.0371. The molecule has 1 aliphatic heterocycles. The second kappa shape index (κ2) is 8.04. The molecule has 1 fully saturated rings. The number of morpholine rings is 1. The highest BCUT2D eigenvalue weighted by Gasteiger charge is 2.15. The number of ether oxygens (including phenoxy) is 1. The molecule has 0 bridgehead atoms. The fourth-order valence-electron chi connectivity index (χ4n) is 2.84. The van der Waals surface area contributed by atoms with E-state index in [1.807, 2.05) is 18.2 Å². The molecule has 0 spiro atoms. The van der Waals surface area contributed by atoms with Crippen LogP contribution < -0.4 is 0 Å². The van der Waals surface area contributed by atoms with Gasteiger partial charge in [0.15, 0.2) is 5.78 Å². The van der Waals surface area contributed by atoms with Crippen LogP contribution in [0.3, 0.4) is 0 Å². The minimum Gasteiger partial charge on any atom is -0.379 e. The van der Waals surface area contributed by atoms with Crippen LogP contribution in [0.25, 0.3) is 0 Å². The average Bonchev–Trinajstić information content (AvgIpc) is 2.62. The number of hydrogen-bond donors (Lipinski definition) is 0. The van der Waals surface area contributed by atoms with Gasteiger partial charge in [0.1, 0.15) is 0 Å². The molecule has 3 rings (SSSR count). The molecule has 3 heteroatoms. The van der Waals surface area contributed by atoms with Crippen molar-refractivity contribution in [1.82, 2.24) is 4.90 Å². The zero-order valence-corrected chi connectivity index (χ0v) is 13.4. The Kier molecular flexibility index (Phi) is 5.56. The van der Waals surface area contributed by atoms with Crippen molar-refractivity contribution >= 4 is 5.78 Å². The van der Waals surface area contributed by atoms with Gasteiger partial charge in [-0.3, -0.25) is 9.69 Å². The van der Waals surface area contributed by atoms with E-state index in [1.165, 1.54) is 11.1 Å². The van der Waals surface area contributed by atoms with E-state index in [-0.39, 0.29) is 5.78 Å². The van der Waals surface area contributed by atoms with Crippen molar-refractivity contribution in [1.29, 1.82) is 0 Å². The first-order valence-electron chi connectivity index (χ1n) is 8.27. The van der Waals surface area contributed by atoms with Crippen molar-refractivity contribution in [2.24, 2.45) is 0 Å². The topological polar surface area (TPSA) is 29.5 Å². The van der Waals surface area contributed by atoms with Crippen molar-refractivity contribution in [3.63, 3.8) is 0 Å². The maximum atomic E-state index is 12.3. The Labute approximate surface area is 137 Å². The molecular formula is C20H23NO2. The summed E-state index contributed by atoms with van der Waals surface area (Å²) in [6, 6.07) is 18.6. The highest BCUT2D eigenvalue weighted by Crippen LogP contribution is 2.10. The van der Waals surface area contributed by atoms with Gasteiger partial charge in [0, 0.05) is 18.7 Å². The van der Waals surface area contributed by atoms with E-state index in [0.717, 1.165) is 44.7 Å². The predicted molar refractivity (Wildman–Crippen MR) is 91.9 cm³/mol. The Balaban J connectivity index is 1.52. The molecule has 1 saturated heterocycles. The third-order valence-corrected chi connectivity index (χ3v) is 4.29. The van der Waals surface area contributed by atoms with E-state index < -0.39 is 0 Å². The number of carbonyl (C=O) groups is 1. The monoisotopic (exact) mass is 309 g/mol. The SMILES string of the molecule is O=C(CN1CCOCC1)c1ccc(CCc2ccccc2)cc1. The van der Waals surface area contributed by atoms with Crippen LogP contribution in [0.1, 0.15) is 21.5 Å². The summed E-state index contributed by atoms with van der Waals surface area (Å²) >= 11 is 0. The lowest BCUT2D eigenvalue weighted by atomic mass is 10.0. The summed E-state index contributed by atoms with van der Waals surface area (Å²) in [6.45, 7) is 3.64. The largest absolute Gasteiger partial charge is 0.379 e. The predicted octanol–water partition coefficient (Wildman–Crippen LogP) is 2.99. The van der Waals surface area contributed by atoms with Gasteiger partial charge < -0.3 is 4.74 Å². The quantitative estimate of drug-likeness (QED) is 0.768. The van der Waals surface area contributed by atoms with Gasteiger partial charge in [0.05, 0.1) is 19.8 Å². The van der Waals surface area contributed by atoms with Gasteiger partial charge in [-0.25, -0.2) is 0 Å². The van der Waals surface area contributed by atoms with E-state index >= 15 is 0 Å². The summed E-state index contributed by atoms with van der Waals surface area (Å²) < 4.78 is 5.31. The zero-order chi connectivity index (χ0) is 15.9. The van der Waals surface area contributed by atoms with Gasteiger partial charge >= 0.3 is 0 Å². The molecule has 3 nitrogen and oxygen atoms in total. The van der Waals surface area contributed by atoms with Gasteiger partial charge in [-0.1, -0.05) is 54.6 Å². The van der Waals surface area contributed by atoms with Crippen molar-refractivity contribution in [3.05, 3.63) is 71.3 Å². The first kappa shape index (κ1) is 15.9. The third kappa shape index (κ3) is 4.75. The Morgan fingerprint density at radius 3 is 2.13 bits per heavy atom. The number of rotatable bonds is 6. The van der Waals surface area contributed by atoms with Gasteiger partial charge in [-0.15, -0.1) is 0 Å². The number of nitrogens with zero attached hydrogens (tertiary/aromatic N) is 1. The molecule has 0 radical (unpaired) electrons. The molecule has 1 aliphatic rings. The van der Waals surface area contributed by atoms with Crippen molar-refractivity contribution in [3.8, 4) is 0 Å². The van der Waals surface area contributed by atoms with Gasteiger partial charge in [-0.2, -0.15) is 0 Å². The molecule has 0 N–H and O–H groups in total. The van der Waals surface area contributed by atoms with Gasteiger partial charge in [-0.05, 0) is 24.0 Å². The first-order chi connectivity index (χ1) is 11.3. The number of carbonyl (C=O) groups excluding carboxylic acids is 1. The summed E-state index contributed by atoms with van der Waals surface area (Å²) in [5, 5.41) is 0. The van der Waals surface area contributed by atoms with Crippen LogP contribution >= 0.6 is 0 Å². The first-order valence-corrected chi connectivity index (χ1v) is 8.27.